The van der Waals surface area contributed by atoms with Gasteiger partial charge in [0, 0.05) is 35.3 Å². The van der Waals surface area contributed by atoms with E-state index in [0.717, 1.165) is 61.1 Å². The Labute approximate surface area is 280 Å². The number of hydrogen-bond donors (Lipinski definition) is 1. The summed E-state index contributed by atoms with van der Waals surface area (Å²) < 4.78 is 2.20. The largest absolute Gasteiger partial charge is 0.346 e. The molecule has 0 fully saturated rings. The Morgan fingerprint density at radius 1 is 0.729 bits per heavy atom. The van der Waals surface area contributed by atoms with Gasteiger partial charge in [0.15, 0.2) is 0 Å². The van der Waals surface area contributed by atoms with Crippen LogP contribution in [0.1, 0.15) is 46.3 Å². The third kappa shape index (κ3) is 5.01. The minimum absolute atomic E-state index is 0.0465. The van der Waals surface area contributed by atoms with Crippen LogP contribution in [0.4, 0.5) is 0 Å². The second-order valence-corrected chi connectivity index (χ2v) is 12.3. The first-order chi connectivity index (χ1) is 23.6. The van der Waals surface area contributed by atoms with Crippen LogP contribution in [0.3, 0.4) is 0 Å². The van der Waals surface area contributed by atoms with E-state index >= 15 is 0 Å². The van der Waals surface area contributed by atoms with Crippen LogP contribution < -0.4 is 5.32 Å². The van der Waals surface area contributed by atoms with Gasteiger partial charge in [-0.25, -0.2) is 4.68 Å². The molecule has 0 saturated heterocycles. The zero-order valence-electron chi connectivity index (χ0n) is 26.6. The smallest absolute Gasteiger partial charge is 0.248 e. The first-order valence-corrected chi connectivity index (χ1v) is 16.3. The molecule has 0 aliphatic heterocycles. The second-order valence-electron chi connectivity index (χ2n) is 12.3. The fourth-order valence-electron chi connectivity index (χ4n) is 7.10. The Balaban J connectivity index is 1.34. The summed E-state index contributed by atoms with van der Waals surface area (Å²) in [7, 11) is 0. The molecule has 5 heteroatoms. The molecule has 0 bridgehead atoms. The first-order valence-electron chi connectivity index (χ1n) is 16.3. The van der Waals surface area contributed by atoms with E-state index in [-0.39, 0.29) is 11.9 Å². The van der Waals surface area contributed by atoms with Crippen molar-refractivity contribution < 1.29 is 4.79 Å². The van der Waals surface area contributed by atoms with E-state index in [2.05, 4.69) is 118 Å². The van der Waals surface area contributed by atoms with Crippen LogP contribution in [0, 0.1) is 0 Å². The number of aromatic nitrogens is 3. The number of fused-ring (bicyclic) bond motifs is 2. The molecule has 48 heavy (non-hydrogen) atoms. The van der Waals surface area contributed by atoms with Gasteiger partial charge in [-0.2, -0.15) is 5.10 Å². The maximum Gasteiger partial charge on any atom is 0.248 e. The summed E-state index contributed by atoms with van der Waals surface area (Å²) in [6, 6.07) is 50.3. The highest BCUT2D eigenvalue weighted by Gasteiger charge is 2.41. The SMILES string of the molecule is C[C@@H](NC(=O)C1=Cc2cc3c(-c4ccncc4)nn(C(c4ccccc4)(c4ccccc4)c4ccccc4)c3cc2C1)c1ccccc1. The van der Waals surface area contributed by atoms with E-state index in [1.807, 2.05) is 67.9 Å². The van der Waals surface area contributed by atoms with E-state index in [4.69, 9.17) is 5.10 Å². The maximum atomic E-state index is 13.6. The Kier molecular flexibility index (Phi) is 7.50. The van der Waals surface area contributed by atoms with Crippen molar-refractivity contribution in [1.82, 2.24) is 20.1 Å². The standard InChI is InChI=1S/C43H34N4O/c1-30(31-14-6-2-7-15-31)45-42(48)35-26-33-28-39-40(29-34(33)27-35)47(46-41(39)32-22-24-44-25-23-32)43(36-16-8-3-9-17-36,37-18-10-4-11-19-37)38-20-12-5-13-21-38/h2-26,28-30H,27H2,1H3,(H,45,48)/t30-/m1/s1. The normalized spacial score (nSPS) is 13.1. The monoisotopic (exact) mass is 622 g/mol. The summed E-state index contributed by atoms with van der Waals surface area (Å²) in [4.78, 5) is 17.9. The molecule has 0 radical (unpaired) electrons. The lowest BCUT2D eigenvalue weighted by molar-refractivity contribution is -0.118. The lowest BCUT2D eigenvalue weighted by Gasteiger charge is -2.37. The summed E-state index contributed by atoms with van der Waals surface area (Å²) in [6.07, 6.45) is 6.20. The molecule has 2 heterocycles. The third-order valence-electron chi connectivity index (χ3n) is 9.44. The van der Waals surface area contributed by atoms with Gasteiger partial charge in [-0.3, -0.25) is 9.78 Å². The highest BCUT2D eigenvalue weighted by atomic mass is 16.1. The molecule has 232 valence electrons. The molecule has 1 atom stereocenters. The van der Waals surface area contributed by atoms with Gasteiger partial charge in [0.25, 0.3) is 0 Å². The van der Waals surface area contributed by atoms with Crippen molar-refractivity contribution in [2.75, 3.05) is 0 Å². The van der Waals surface area contributed by atoms with Gasteiger partial charge in [-0.15, -0.1) is 0 Å². The number of nitrogens with zero attached hydrogens (tertiary/aromatic N) is 3. The number of carbonyl (C=O) groups is 1. The second kappa shape index (κ2) is 12.3. The molecule has 1 aliphatic carbocycles. The van der Waals surface area contributed by atoms with Gasteiger partial charge in [-0.05, 0) is 70.6 Å². The van der Waals surface area contributed by atoms with Crippen molar-refractivity contribution in [2.45, 2.75) is 24.9 Å². The number of nitrogens with one attached hydrogen (secondary N) is 1. The predicted octanol–water partition coefficient (Wildman–Crippen LogP) is 8.76. The van der Waals surface area contributed by atoms with E-state index < -0.39 is 5.54 Å². The molecule has 8 rings (SSSR count). The van der Waals surface area contributed by atoms with Crippen LogP contribution in [0.25, 0.3) is 28.2 Å². The summed E-state index contributed by atoms with van der Waals surface area (Å²) in [6.45, 7) is 2.02. The van der Waals surface area contributed by atoms with E-state index in [0.29, 0.717) is 6.42 Å². The molecule has 7 aromatic rings. The molecular formula is C43H34N4O. The van der Waals surface area contributed by atoms with Crippen LogP contribution in [0.2, 0.25) is 0 Å². The van der Waals surface area contributed by atoms with E-state index in [9.17, 15) is 4.79 Å². The van der Waals surface area contributed by atoms with Crippen molar-refractivity contribution in [3.63, 3.8) is 0 Å². The topological polar surface area (TPSA) is 59.8 Å². The van der Waals surface area contributed by atoms with Crippen LogP contribution in [0.15, 0.2) is 164 Å². The number of rotatable bonds is 8. The van der Waals surface area contributed by atoms with Crippen LogP contribution in [-0.4, -0.2) is 20.7 Å². The third-order valence-corrected chi connectivity index (χ3v) is 9.44. The first kappa shape index (κ1) is 29.3. The zero-order valence-corrected chi connectivity index (χ0v) is 26.6. The predicted molar refractivity (Wildman–Crippen MR) is 192 cm³/mol. The number of benzene rings is 5. The molecular weight excluding hydrogens is 589 g/mol. The van der Waals surface area contributed by atoms with Gasteiger partial charge in [0.1, 0.15) is 11.2 Å². The maximum absolute atomic E-state index is 13.6. The van der Waals surface area contributed by atoms with Crippen molar-refractivity contribution in [3.8, 4) is 11.3 Å². The highest BCUT2D eigenvalue weighted by molar-refractivity contribution is 6.03. The van der Waals surface area contributed by atoms with E-state index in [1.165, 1.54) is 0 Å². The Morgan fingerprint density at radius 2 is 1.27 bits per heavy atom. The average Bonchev–Trinajstić information content (AvgIpc) is 3.75. The molecule has 5 nitrogen and oxygen atoms in total. The number of carbonyl (C=O) groups excluding carboxylic acids is 1. The van der Waals surface area contributed by atoms with Crippen molar-refractivity contribution in [3.05, 3.63) is 197 Å². The van der Waals surface area contributed by atoms with Gasteiger partial charge >= 0.3 is 0 Å². The molecule has 1 N–H and O–H groups in total. The Bertz CT molecular complexity index is 2150. The van der Waals surface area contributed by atoms with Crippen LogP contribution >= 0.6 is 0 Å². The molecule has 1 amide bonds. The van der Waals surface area contributed by atoms with Gasteiger partial charge < -0.3 is 5.32 Å². The molecule has 0 saturated carbocycles. The number of pyridine rings is 1. The van der Waals surface area contributed by atoms with Gasteiger partial charge in [0.05, 0.1) is 11.6 Å². The summed E-state index contributed by atoms with van der Waals surface area (Å²) in [5, 5.41) is 9.75. The average molecular weight is 623 g/mol. The molecule has 0 unspecified atom stereocenters. The molecule has 2 aromatic heterocycles. The minimum Gasteiger partial charge on any atom is -0.346 e. The lowest BCUT2D eigenvalue weighted by Crippen LogP contribution is -2.38. The summed E-state index contributed by atoms with van der Waals surface area (Å²) in [5.41, 5.74) is 9.32. The van der Waals surface area contributed by atoms with Crippen molar-refractivity contribution >= 4 is 22.9 Å². The molecule has 1 aliphatic rings. The van der Waals surface area contributed by atoms with Crippen molar-refractivity contribution in [2.24, 2.45) is 0 Å². The van der Waals surface area contributed by atoms with Crippen molar-refractivity contribution in [1.29, 1.82) is 0 Å². The highest BCUT2D eigenvalue weighted by Crippen LogP contribution is 2.45. The Hall–Kier alpha value is -6.07. The number of hydrogen-bond acceptors (Lipinski definition) is 3. The van der Waals surface area contributed by atoms with Gasteiger partial charge in [0.2, 0.25) is 5.91 Å². The fourth-order valence-corrected chi connectivity index (χ4v) is 7.10. The summed E-state index contributed by atoms with van der Waals surface area (Å²) >= 11 is 0. The molecule has 0 spiro atoms. The molecule has 5 aromatic carbocycles. The van der Waals surface area contributed by atoms with E-state index in [1.54, 1.807) is 0 Å². The lowest BCUT2D eigenvalue weighted by atomic mass is 9.77. The zero-order chi connectivity index (χ0) is 32.5. The fraction of sp³-hybridized carbons (Fsp3) is 0.0930. The Morgan fingerprint density at radius 3 is 1.83 bits per heavy atom. The number of amides is 1. The van der Waals surface area contributed by atoms with Crippen LogP contribution in [0.5, 0.6) is 0 Å². The minimum atomic E-state index is -0.793. The quantitative estimate of drug-likeness (QED) is 0.172. The van der Waals surface area contributed by atoms with Crippen LogP contribution in [-0.2, 0) is 16.8 Å². The summed E-state index contributed by atoms with van der Waals surface area (Å²) in [5.74, 6) is -0.0465. The van der Waals surface area contributed by atoms with Gasteiger partial charge in [-0.1, -0.05) is 121 Å².